The third-order valence-corrected chi connectivity index (χ3v) is 20.0. The van der Waals surface area contributed by atoms with E-state index in [1.807, 2.05) is 0 Å². The van der Waals surface area contributed by atoms with Crippen LogP contribution in [0, 0.1) is 17.8 Å². The van der Waals surface area contributed by atoms with Crippen LogP contribution in [0.1, 0.15) is 382 Å². The van der Waals surface area contributed by atoms with Crippen molar-refractivity contribution in [3.63, 3.8) is 0 Å². The summed E-state index contributed by atoms with van der Waals surface area (Å²) in [6.45, 7) is 11.9. The van der Waals surface area contributed by atoms with E-state index < -0.39 is 97.5 Å². The second kappa shape index (κ2) is 65.7. The molecule has 0 amide bonds. The molecular weight excluding hydrogens is 1230 g/mol. The SMILES string of the molecule is CCCCCCCCCCCCCCCCC(=O)OC[C@H](COP(=O)(O)OC[C@@H](O)COP(=O)(O)OC[C@@H](COC(=O)CCCCCCCCC(C)CC)OC(=O)CCCCCCCCCCCC(C)C)OC(=O)CCCCCCCCCCCCCCCCC(C)CC. The second-order valence-electron chi connectivity index (χ2n) is 28.0. The van der Waals surface area contributed by atoms with Gasteiger partial charge in [0.1, 0.15) is 19.3 Å². The van der Waals surface area contributed by atoms with Gasteiger partial charge in [-0.25, -0.2) is 9.13 Å². The summed E-state index contributed by atoms with van der Waals surface area (Å²) in [5.74, 6) is 0.193. The first-order chi connectivity index (χ1) is 45.3. The number of aliphatic hydroxyl groups is 1. The summed E-state index contributed by atoms with van der Waals surface area (Å²) in [7, 11) is -9.91. The number of hydrogen-bond acceptors (Lipinski definition) is 15. The van der Waals surface area contributed by atoms with Crippen molar-refractivity contribution < 1.29 is 80.2 Å². The number of aliphatic hydroxyl groups excluding tert-OH is 1. The van der Waals surface area contributed by atoms with Gasteiger partial charge < -0.3 is 33.8 Å². The molecule has 0 saturated carbocycles. The van der Waals surface area contributed by atoms with Crippen molar-refractivity contribution in [1.29, 1.82) is 0 Å². The summed E-state index contributed by atoms with van der Waals surface area (Å²) in [5.41, 5.74) is 0. The molecule has 0 rings (SSSR count). The van der Waals surface area contributed by atoms with Crippen molar-refractivity contribution in [3.05, 3.63) is 0 Å². The molecule has 7 atom stereocenters. The molecule has 17 nitrogen and oxygen atoms in total. The van der Waals surface area contributed by atoms with E-state index in [0.29, 0.717) is 25.7 Å². The van der Waals surface area contributed by atoms with Crippen LogP contribution in [0.5, 0.6) is 0 Å². The highest BCUT2D eigenvalue weighted by molar-refractivity contribution is 7.47. The van der Waals surface area contributed by atoms with Crippen molar-refractivity contribution in [2.24, 2.45) is 17.8 Å². The van der Waals surface area contributed by atoms with Crippen LogP contribution in [-0.4, -0.2) is 96.7 Å². The van der Waals surface area contributed by atoms with Crippen molar-refractivity contribution >= 4 is 39.5 Å². The topological polar surface area (TPSA) is 237 Å². The predicted octanol–water partition coefficient (Wildman–Crippen LogP) is 21.8. The standard InChI is InChI=1S/C75H146O17P2/c1-8-11-12-13-14-15-16-17-21-24-29-34-42-49-56-72(77)85-62-70(91-74(79)58-51-44-35-30-25-22-19-18-20-23-28-33-40-47-54-67(6)9-2)64-89-93(81,82)87-60-69(76)61-88-94(83,84)90-65-71(63-86-73(78)57-50-43-38-37-41-48-55-68(7)10-3)92-75(80)59-52-45-36-31-26-27-32-39-46-53-66(4)5/h66-71,76H,8-65H2,1-7H3,(H,81,82)(H,83,84)/t67?,68?,69-,70-,71-/m1/s1. The van der Waals surface area contributed by atoms with E-state index in [2.05, 4.69) is 48.5 Å². The molecule has 94 heavy (non-hydrogen) atoms. The van der Waals surface area contributed by atoms with Crippen molar-refractivity contribution in [3.8, 4) is 0 Å². The number of phosphoric ester groups is 2. The number of esters is 4. The Morgan fingerprint density at radius 1 is 0.309 bits per heavy atom. The zero-order valence-corrected chi connectivity index (χ0v) is 63.2. The highest BCUT2D eigenvalue weighted by Crippen LogP contribution is 2.45. The first kappa shape index (κ1) is 92.1. The highest BCUT2D eigenvalue weighted by atomic mass is 31.2. The minimum atomic E-state index is -4.96. The van der Waals surface area contributed by atoms with Crippen molar-refractivity contribution in [2.75, 3.05) is 39.6 Å². The number of ether oxygens (including phenoxy) is 4. The van der Waals surface area contributed by atoms with Gasteiger partial charge in [-0.15, -0.1) is 0 Å². The maximum absolute atomic E-state index is 13.1. The van der Waals surface area contributed by atoms with Crippen LogP contribution >= 0.6 is 15.6 Å². The molecule has 0 aliphatic heterocycles. The van der Waals surface area contributed by atoms with Crippen LogP contribution < -0.4 is 0 Å². The minimum absolute atomic E-state index is 0.104. The maximum Gasteiger partial charge on any atom is 0.472 e. The summed E-state index contributed by atoms with van der Waals surface area (Å²) in [6, 6.07) is 0. The number of hydrogen-bond donors (Lipinski definition) is 3. The maximum atomic E-state index is 13.1. The summed E-state index contributed by atoms with van der Waals surface area (Å²) < 4.78 is 68.5. The summed E-state index contributed by atoms with van der Waals surface area (Å²) in [6.07, 6.45) is 51.3. The molecule has 0 aromatic carbocycles. The second-order valence-corrected chi connectivity index (χ2v) is 30.9. The molecule has 0 aliphatic rings. The van der Waals surface area contributed by atoms with Gasteiger partial charge in [-0.05, 0) is 43.4 Å². The van der Waals surface area contributed by atoms with Crippen LogP contribution in [0.3, 0.4) is 0 Å². The van der Waals surface area contributed by atoms with Gasteiger partial charge in [-0.2, -0.15) is 0 Å². The first-order valence-corrected chi connectivity index (χ1v) is 41.9. The number of rotatable bonds is 73. The van der Waals surface area contributed by atoms with Gasteiger partial charge in [0.2, 0.25) is 0 Å². The van der Waals surface area contributed by atoms with Crippen LogP contribution in [0.25, 0.3) is 0 Å². The van der Waals surface area contributed by atoms with E-state index in [-0.39, 0.29) is 25.7 Å². The van der Waals surface area contributed by atoms with Crippen LogP contribution in [0.2, 0.25) is 0 Å². The minimum Gasteiger partial charge on any atom is -0.462 e. The van der Waals surface area contributed by atoms with Crippen LogP contribution in [0.4, 0.5) is 0 Å². The fraction of sp³-hybridized carbons (Fsp3) is 0.947. The van der Waals surface area contributed by atoms with Crippen molar-refractivity contribution in [1.82, 2.24) is 0 Å². The van der Waals surface area contributed by atoms with Gasteiger partial charge in [0.05, 0.1) is 26.4 Å². The molecule has 0 saturated heterocycles. The molecule has 0 heterocycles. The lowest BCUT2D eigenvalue weighted by Gasteiger charge is -2.21. The molecule has 0 aliphatic carbocycles. The molecular formula is C75H146O17P2. The number of carbonyl (C=O) groups excluding carboxylic acids is 4. The largest absolute Gasteiger partial charge is 0.472 e. The Morgan fingerprint density at radius 2 is 0.543 bits per heavy atom. The number of carbonyl (C=O) groups is 4. The van der Waals surface area contributed by atoms with Gasteiger partial charge in [0, 0.05) is 25.7 Å². The van der Waals surface area contributed by atoms with E-state index in [0.717, 1.165) is 114 Å². The van der Waals surface area contributed by atoms with E-state index >= 15 is 0 Å². The van der Waals surface area contributed by atoms with Gasteiger partial charge >= 0.3 is 39.5 Å². The molecule has 0 fully saturated rings. The lowest BCUT2D eigenvalue weighted by Crippen LogP contribution is -2.30. The summed E-state index contributed by atoms with van der Waals surface area (Å²) in [4.78, 5) is 72.8. The molecule has 0 spiro atoms. The zero-order valence-electron chi connectivity index (χ0n) is 61.4. The Morgan fingerprint density at radius 3 is 0.809 bits per heavy atom. The fourth-order valence-electron chi connectivity index (χ4n) is 11.4. The number of phosphoric acid groups is 2. The average molecular weight is 1380 g/mol. The Bertz CT molecular complexity index is 1840. The summed E-state index contributed by atoms with van der Waals surface area (Å²) in [5, 5.41) is 10.6. The van der Waals surface area contributed by atoms with Crippen molar-refractivity contribution in [2.45, 2.75) is 401 Å². The molecule has 19 heteroatoms. The van der Waals surface area contributed by atoms with Gasteiger partial charge in [0.25, 0.3) is 0 Å². The third kappa shape index (κ3) is 66.0. The van der Waals surface area contributed by atoms with Gasteiger partial charge in [0.15, 0.2) is 12.2 Å². The molecule has 0 radical (unpaired) electrons. The first-order valence-electron chi connectivity index (χ1n) is 38.9. The third-order valence-electron chi connectivity index (χ3n) is 18.1. The van der Waals surface area contributed by atoms with E-state index in [4.69, 9.17) is 37.0 Å². The lowest BCUT2D eigenvalue weighted by molar-refractivity contribution is -0.161. The van der Waals surface area contributed by atoms with Gasteiger partial charge in [-0.1, -0.05) is 331 Å². The monoisotopic (exact) mass is 1380 g/mol. The zero-order chi connectivity index (χ0) is 69.4. The van der Waals surface area contributed by atoms with Crippen LogP contribution in [0.15, 0.2) is 0 Å². The Labute approximate surface area is 575 Å². The number of unbranched alkanes of at least 4 members (excludes halogenated alkanes) is 39. The molecule has 0 aromatic heterocycles. The molecule has 4 unspecified atom stereocenters. The van der Waals surface area contributed by atoms with E-state index in [1.165, 1.54) is 186 Å². The smallest absolute Gasteiger partial charge is 0.462 e. The normalized spacial score (nSPS) is 14.7. The van der Waals surface area contributed by atoms with Gasteiger partial charge in [-0.3, -0.25) is 37.3 Å². The Hall–Kier alpha value is -1.94. The molecule has 3 N–H and O–H groups in total. The Kier molecular flexibility index (Phi) is 64.3. The Balaban J connectivity index is 5.25. The predicted molar refractivity (Wildman–Crippen MR) is 381 cm³/mol. The highest BCUT2D eigenvalue weighted by Gasteiger charge is 2.30. The van der Waals surface area contributed by atoms with E-state index in [9.17, 15) is 43.2 Å². The fourth-order valence-corrected chi connectivity index (χ4v) is 12.9. The summed E-state index contributed by atoms with van der Waals surface area (Å²) >= 11 is 0. The molecule has 0 aromatic rings. The van der Waals surface area contributed by atoms with Crippen LogP contribution in [-0.2, 0) is 65.4 Å². The molecule has 0 bridgehead atoms. The lowest BCUT2D eigenvalue weighted by atomic mass is 9.99. The van der Waals surface area contributed by atoms with E-state index in [1.54, 1.807) is 0 Å². The average Bonchev–Trinajstić information content (AvgIpc) is 1.82. The molecule has 558 valence electrons. The quantitative estimate of drug-likeness (QED) is 0.0222.